The van der Waals surface area contributed by atoms with Crippen LogP contribution in [-0.4, -0.2) is 17.8 Å². The number of hydrogen-bond acceptors (Lipinski definition) is 3. The van der Waals surface area contributed by atoms with Gasteiger partial charge in [-0.3, -0.25) is 20.2 Å². The highest BCUT2D eigenvalue weighted by Gasteiger charge is 2.23. The molecule has 0 bridgehead atoms. The molecule has 0 aromatic heterocycles. The smallest absolute Gasteiger partial charge is 0.258 e. The molecule has 1 aliphatic rings. The number of nitrogens with zero attached hydrogens (tertiary/aromatic N) is 1. The first kappa shape index (κ1) is 17.2. The Labute approximate surface area is 151 Å². The monoisotopic (exact) mass is 355 g/mol. The fraction of sp³-hybridized carbons (Fsp3) is 0.211. The first-order chi connectivity index (χ1) is 12.0. The van der Waals surface area contributed by atoms with Crippen molar-refractivity contribution in [2.24, 2.45) is 4.99 Å². The topological polar surface area (TPSA) is 70.6 Å². The summed E-state index contributed by atoms with van der Waals surface area (Å²) < 4.78 is 0. The second-order valence-corrected chi connectivity index (χ2v) is 6.24. The zero-order chi connectivity index (χ0) is 17.8. The van der Waals surface area contributed by atoms with Gasteiger partial charge in [-0.05, 0) is 35.7 Å². The van der Waals surface area contributed by atoms with E-state index in [9.17, 15) is 9.59 Å². The molecule has 0 unspecified atom stereocenters. The van der Waals surface area contributed by atoms with Gasteiger partial charge in [0.1, 0.15) is 0 Å². The number of rotatable bonds is 3. The van der Waals surface area contributed by atoms with E-state index in [-0.39, 0.29) is 30.2 Å². The number of nitrogens with one attached hydrogen (secondary N) is 2. The lowest BCUT2D eigenvalue weighted by Gasteiger charge is -2.21. The average Bonchev–Trinajstić information content (AvgIpc) is 2.61. The number of aliphatic imine (C=N–C) groups is 1. The predicted molar refractivity (Wildman–Crippen MR) is 97.7 cm³/mol. The van der Waals surface area contributed by atoms with Crippen molar-refractivity contribution in [1.82, 2.24) is 10.6 Å². The van der Waals surface area contributed by atoms with Gasteiger partial charge in [0, 0.05) is 10.6 Å². The number of amides is 2. The quantitative estimate of drug-likeness (QED) is 0.887. The van der Waals surface area contributed by atoms with E-state index >= 15 is 0 Å². The lowest BCUT2D eigenvalue weighted by Crippen LogP contribution is -2.47. The summed E-state index contributed by atoms with van der Waals surface area (Å²) in [7, 11) is 0. The minimum Gasteiger partial charge on any atom is -0.296 e. The molecule has 25 heavy (non-hydrogen) atoms. The number of halogens is 1. The molecule has 2 aromatic carbocycles. The van der Waals surface area contributed by atoms with Gasteiger partial charge in [-0.2, -0.15) is 0 Å². The van der Waals surface area contributed by atoms with Crippen LogP contribution in [-0.2, 0) is 11.2 Å². The zero-order valence-corrected chi connectivity index (χ0v) is 14.5. The van der Waals surface area contributed by atoms with E-state index in [0.717, 1.165) is 12.0 Å². The molecule has 1 heterocycles. The maximum atomic E-state index is 12.3. The molecule has 1 atom stereocenters. The van der Waals surface area contributed by atoms with Crippen LogP contribution in [0.5, 0.6) is 0 Å². The van der Waals surface area contributed by atoms with Crippen LogP contribution in [0, 0.1) is 0 Å². The Hall–Kier alpha value is -2.66. The Morgan fingerprint density at radius 1 is 1.28 bits per heavy atom. The van der Waals surface area contributed by atoms with E-state index in [1.807, 2.05) is 24.3 Å². The van der Waals surface area contributed by atoms with Gasteiger partial charge in [-0.25, -0.2) is 4.99 Å². The number of carbonyl (C=O) groups is 2. The Morgan fingerprint density at radius 2 is 2.04 bits per heavy atom. The summed E-state index contributed by atoms with van der Waals surface area (Å²) in [6.45, 7) is 2.09. The van der Waals surface area contributed by atoms with E-state index in [4.69, 9.17) is 11.6 Å². The van der Waals surface area contributed by atoms with E-state index in [0.29, 0.717) is 10.6 Å². The third-order valence-electron chi connectivity index (χ3n) is 4.01. The first-order valence-corrected chi connectivity index (χ1v) is 8.46. The average molecular weight is 356 g/mol. The number of hydrogen-bond donors (Lipinski definition) is 2. The van der Waals surface area contributed by atoms with Crippen molar-refractivity contribution in [2.45, 2.75) is 25.8 Å². The van der Waals surface area contributed by atoms with Crippen molar-refractivity contribution in [3.8, 4) is 0 Å². The SMILES string of the molecule is CCc1ccc([C@@H]2CC(=O)NC(NC(=O)c3cccc(Cl)c3)=N2)cc1. The highest BCUT2D eigenvalue weighted by Crippen LogP contribution is 2.24. The van der Waals surface area contributed by atoms with Crippen molar-refractivity contribution in [2.75, 3.05) is 0 Å². The van der Waals surface area contributed by atoms with Gasteiger partial charge < -0.3 is 0 Å². The van der Waals surface area contributed by atoms with Crippen molar-refractivity contribution in [3.63, 3.8) is 0 Å². The van der Waals surface area contributed by atoms with Crippen LogP contribution in [0.15, 0.2) is 53.5 Å². The number of carbonyl (C=O) groups excluding carboxylic acids is 2. The second kappa shape index (κ2) is 7.49. The van der Waals surface area contributed by atoms with E-state index < -0.39 is 0 Å². The summed E-state index contributed by atoms with van der Waals surface area (Å²) in [5, 5.41) is 5.70. The molecule has 0 aliphatic carbocycles. The van der Waals surface area contributed by atoms with Gasteiger partial charge in [0.15, 0.2) is 0 Å². The Balaban J connectivity index is 1.78. The molecule has 0 spiro atoms. The summed E-state index contributed by atoms with van der Waals surface area (Å²) in [6.07, 6.45) is 1.21. The fourth-order valence-electron chi connectivity index (χ4n) is 2.63. The zero-order valence-electron chi connectivity index (χ0n) is 13.8. The van der Waals surface area contributed by atoms with Gasteiger partial charge in [-0.15, -0.1) is 0 Å². The molecule has 3 rings (SSSR count). The Morgan fingerprint density at radius 3 is 2.72 bits per heavy atom. The summed E-state index contributed by atoms with van der Waals surface area (Å²) in [6, 6.07) is 14.3. The van der Waals surface area contributed by atoms with Crippen LogP contribution < -0.4 is 10.6 Å². The summed E-state index contributed by atoms with van der Waals surface area (Å²) in [5.41, 5.74) is 2.57. The van der Waals surface area contributed by atoms with Gasteiger partial charge in [-0.1, -0.05) is 48.9 Å². The van der Waals surface area contributed by atoms with Crippen LogP contribution in [0.25, 0.3) is 0 Å². The minimum absolute atomic E-state index is 0.158. The molecule has 128 valence electrons. The molecule has 6 heteroatoms. The van der Waals surface area contributed by atoms with Crippen LogP contribution in [0.1, 0.15) is 40.9 Å². The third-order valence-corrected chi connectivity index (χ3v) is 4.25. The lowest BCUT2D eigenvalue weighted by atomic mass is 10.0. The summed E-state index contributed by atoms with van der Waals surface area (Å²) in [5.74, 6) is -0.393. The third kappa shape index (κ3) is 4.25. The maximum absolute atomic E-state index is 12.3. The van der Waals surface area contributed by atoms with Gasteiger partial charge >= 0.3 is 0 Å². The van der Waals surface area contributed by atoms with Crippen LogP contribution in [0.3, 0.4) is 0 Å². The molecule has 5 nitrogen and oxygen atoms in total. The maximum Gasteiger partial charge on any atom is 0.258 e. The van der Waals surface area contributed by atoms with Gasteiger partial charge in [0.25, 0.3) is 5.91 Å². The molecular formula is C19H18ClN3O2. The molecule has 0 fully saturated rings. The highest BCUT2D eigenvalue weighted by molar-refractivity contribution is 6.31. The molecule has 2 N–H and O–H groups in total. The Kier molecular flexibility index (Phi) is 5.14. The van der Waals surface area contributed by atoms with Gasteiger partial charge in [0.2, 0.25) is 11.9 Å². The number of benzene rings is 2. The molecule has 0 saturated heterocycles. The molecule has 0 saturated carbocycles. The fourth-order valence-corrected chi connectivity index (χ4v) is 2.82. The summed E-state index contributed by atoms with van der Waals surface area (Å²) in [4.78, 5) is 28.8. The molecule has 0 radical (unpaired) electrons. The molecular weight excluding hydrogens is 338 g/mol. The minimum atomic E-state index is -0.372. The van der Waals surface area contributed by atoms with E-state index in [2.05, 4.69) is 22.5 Å². The van der Waals surface area contributed by atoms with Crippen molar-refractivity contribution in [3.05, 3.63) is 70.2 Å². The second-order valence-electron chi connectivity index (χ2n) is 5.81. The largest absolute Gasteiger partial charge is 0.296 e. The van der Waals surface area contributed by atoms with Crippen molar-refractivity contribution in [1.29, 1.82) is 0 Å². The van der Waals surface area contributed by atoms with Crippen molar-refractivity contribution >= 4 is 29.4 Å². The van der Waals surface area contributed by atoms with Crippen molar-refractivity contribution < 1.29 is 9.59 Å². The lowest BCUT2D eigenvalue weighted by molar-refractivity contribution is -0.120. The number of aryl methyl sites for hydroxylation is 1. The molecule has 1 aliphatic heterocycles. The highest BCUT2D eigenvalue weighted by atomic mass is 35.5. The standard InChI is InChI=1S/C19H18ClN3O2/c1-2-12-6-8-13(9-7-12)16-11-17(24)22-19(21-16)23-18(25)14-4-3-5-15(20)10-14/h3-10,16H,2,11H2,1H3,(H2,21,22,23,24,25)/t16-/m0/s1. The predicted octanol–water partition coefficient (Wildman–Crippen LogP) is 3.25. The van der Waals surface area contributed by atoms with E-state index in [1.54, 1.807) is 24.3 Å². The van der Waals surface area contributed by atoms with Gasteiger partial charge in [0.05, 0.1) is 12.5 Å². The summed E-state index contributed by atoms with van der Waals surface area (Å²) >= 11 is 5.90. The van der Waals surface area contributed by atoms with Crippen LogP contribution >= 0.6 is 11.6 Å². The first-order valence-electron chi connectivity index (χ1n) is 8.08. The molecule has 2 aromatic rings. The van der Waals surface area contributed by atoms with E-state index in [1.165, 1.54) is 5.56 Å². The van der Waals surface area contributed by atoms with Crippen LogP contribution in [0.2, 0.25) is 5.02 Å². The molecule has 2 amide bonds. The van der Waals surface area contributed by atoms with Crippen LogP contribution in [0.4, 0.5) is 0 Å². The number of guanidine groups is 1. The Bertz CT molecular complexity index is 831. The normalized spacial score (nSPS) is 16.8.